The summed E-state index contributed by atoms with van der Waals surface area (Å²) in [7, 11) is 0. The minimum Gasteiger partial charge on any atom is -0.385 e. The van der Waals surface area contributed by atoms with Crippen molar-refractivity contribution < 1.29 is 13.9 Å². The summed E-state index contributed by atoms with van der Waals surface area (Å²) >= 11 is 0. The van der Waals surface area contributed by atoms with E-state index in [0.29, 0.717) is 5.56 Å². The molecule has 0 bridgehead atoms. The zero-order chi connectivity index (χ0) is 10.8. The Hall–Kier alpha value is -0.960. The minimum atomic E-state index is -2.52. The van der Waals surface area contributed by atoms with Crippen molar-refractivity contribution in [3.8, 4) is 0 Å². The van der Waals surface area contributed by atoms with Crippen LogP contribution in [0.4, 0.5) is 8.78 Å². The van der Waals surface area contributed by atoms with Crippen LogP contribution in [0.25, 0.3) is 0 Å². The number of alkyl halides is 2. The molecule has 0 aromatic heterocycles. The van der Waals surface area contributed by atoms with Crippen LogP contribution in [-0.2, 0) is 5.60 Å². The molecule has 0 radical (unpaired) electrons. The van der Waals surface area contributed by atoms with Gasteiger partial charge >= 0.3 is 0 Å². The summed E-state index contributed by atoms with van der Waals surface area (Å²) in [5.41, 5.74) is -0.956. The van der Waals surface area contributed by atoms with Gasteiger partial charge in [0, 0.05) is 5.92 Å². The van der Waals surface area contributed by atoms with Gasteiger partial charge in [0.1, 0.15) is 0 Å². The second-order valence-corrected chi connectivity index (χ2v) is 3.64. The molecule has 0 fully saturated rings. The number of hydrogen-bond acceptors (Lipinski definition) is 1. The number of benzene rings is 1. The first-order chi connectivity index (χ1) is 6.46. The molecule has 3 heteroatoms. The van der Waals surface area contributed by atoms with Crippen molar-refractivity contribution in [1.82, 2.24) is 0 Å². The van der Waals surface area contributed by atoms with Crippen LogP contribution in [0.2, 0.25) is 0 Å². The molecule has 0 spiro atoms. The van der Waals surface area contributed by atoms with Gasteiger partial charge in [0.05, 0.1) is 5.60 Å². The topological polar surface area (TPSA) is 20.2 Å². The second kappa shape index (κ2) is 4.05. The lowest BCUT2D eigenvalue weighted by atomic mass is 9.84. The van der Waals surface area contributed by atoms with Gasteiger partial charge in [0.15, 0.2) is 0 Å². The summed E-state index contributed by atoms with van der Waals surface area (Å²) in [6.07, 6.45) is -2.52. The van der Waals surface area contributed by atoms with Crippen LogP contribution < -0.4 is 0 Å². The van der Waals surface area contributed by atoms with E-state index < -0.39 is 17.9 Å². The molecule has 78 valence electrons. The summed E-state index contributed by atoms with van der Waals surface area (Å²) in [4.78, 5) is 0. The van der Waals surface area contributed by atoms with Gasteiger partial charge in [-0.2, -0.15) is 0 Å². The first-order valence-corrected chi connectivity index (χ1v) is 4.52. The molecule has 0 amide bonds. The fourth-order valence-corrected chi connectivity index (χ4v) is 1.28. The highest BCUT2D eigenvalue weighted by atomic mass is 19.3. The first kappa shape index (κ1) is 11.1. The average molecular weight is 200 g/mol. The van der Waals surface area contributed by atoms with E-state index in [1.165, 1.54) is 13.8 Å². The minimum absolute atomic E-state index is 0.521. The van der Waals surface area contributed by atoms with Crippen molar-refractivity contribution in [1.29, 1.82) is 0 Å². The van der Waals surface area contributed by atoms with E-state index in [-0.39, 0.29) is 0 Å². The molecule has 1 rings (SSSR count). The lowest BCUT2D eigenvalue weighted by Crippen LogP contribution is -2.34. The molecule has 1 aromatic carbocycles. The molecule has 2 atom stereocenters. The van der Waals surface area contributed by atoms with E-state index in [2.05, 4.69) is 0 Å². The van der Waals surface area contributed by atoms with Gasteiger partial charge in [-0.1, -0.05) is 37.3 Å². The van der Waals surface area contributed by atoms with Crippen LogP contribution in [0.5, 0.6) is 0 Å². The fourth-order valence-electron chi connectivity index (χ4n) is 1.28. The molecule has 0 aliphatic heterocycles. The van der Waals surface area contributed by atoms with Crippen molar-refractivity contribution >= 4 is 0 Å². The van der Waals surface area contributed by atoms with E-state index in [0.717, 1.165) is 0 Å². The number of rotatable bonds is 3. The third kappa shape index (κ3) is 2.10. The summed E-state index contributed by atoms with van der Waals surface area (Å²) in [6, 6.07) is 8.54. The zero-order valence-corrected chi connectivity index (χ0v) is 8.24. The van der Waals surface area contributed by atoms with E-state index in [9.17, 15) is 13.9 Å². The Morgan fingerprint density at radius 1 is 1.21 bits per heavy atom. The molecule has 1 aromatic rings. The molecule has 0 aliphatic carbocycles. The van der Waals surface area contributed by atoms with Gasteiger partial charge < -0.3 is 5.11 Å². The van der Waals surface area contributed by atoms with E-state index in [1.54, 1.807) is 30.3 Å². The van der Waals surface area contributed by atoms with Crippen LogP contribution in [-0.4, -0.2) is 11.5 Å². The summed E-state index contributed by atoms with van der Waals surface area (Å²) in [5.74, 6) is -1.08. The van der Waals surface area contributed by atoms with Gasteiger partial charge in [0.2, 0.25) is 6.43 Å². The molecule has 0 heterocycles. The summed E-state index contributed by atoms with van der Waals surface area (Å²) in [6.45, 7) is 2.76. The van der Waals surface area contributed by atoms with Crippen molar-refractivity contribution in [2.45, 2.75) is 25.9 Å². The van der Waals surface area contributed by atoms with Crippen LogP contribution in [0.3, 0.4) is 0 Å². The molecule has 0 saturated heterocycles. The van der Waals surface area contributed by atoms with Crippen molar-refractivity contribution in [2.24, 2.45) is 5.92 Å². The molecule has 0 saturated carbocycles. The smallest absolute Gasteiger partial charge is 0.244 e. The molecule has 1 N–H and O–H groups in total. The van der Waals surface area contributed by atoms with Crippen LogP contribution in [0, 0.1) is 5.92 Å². The van der Waals surface area contributed by atoms with Gasteiger partial charge in [0.25, 0.3) is 0 Å². The predicted molar refractivity (Wildman–Crippen MR) is 51.2 cm³/mol. The van der Waals surface area contributed by atoms with Gasteiger partial charge in [-0.25, -0.2) is 8.78 Å². The fraction of sp³-hybridized carbons (Fsp3) is 0.455. The zero-order valence-electron chi connectivity index (χ0n) is 8.24. The normalized spacial score (nSPS) is 17.9. The maximum atomic E-state index is 12.4. The quantitative estimate of drug-likeness (QED) is 0.795. The third-order valence-electron chi connectivity index (χ3n) is 2.62. The van der Waals surface area contributed by atoms with Gasteiger partial charge in [-0.3, -0.25) is 0 Å². The number of hydrogen-bond donors (Lipinski definition) is 1. The van der Waals surface area contributed by atoms with Crippen molar-refractivity contribution in [3.63, 3.8) is 0 Å². The highest BCUT2D eigenvalue weighted by Gasteiger charge is 2.36. The second-order valence-electron chi connectivity index (χ2n) is 3.64. The van der Waals surface area contributed by atoms with Crippen LogP contribution >= 0.6 is 0 Å². The van der Waals surface area contributed by atoms with Crippen LogP contribution in [0.15, 0.2) is 30.3 Å². The summed E-state index contributed by atoms with van der Waals surface area (Å²) in [5, 5.41) is 9.94. The Morgan fingerprint density at radius 3 is 2.14 bits per heavy atom. The van der Waals surface area contributed by atoms with E-state index >= 15 is 0 Å². The maximum absolute atomic E-state index is 12.4. The largest absolute Gasteiger partial charge is 0.385 e. The Balaban J connectivity index is 2.96. The molecule has 1 nitrogen and oxygen atoms in total. The first-order valence-electron chi connectivity index (χ1n) is 4.52. The predicted octanol–water partition coefficient (Wildman–Crippen LogP) is 2.80. The SMILES string of the molecule is CC(C(F)F)C(C)(O)c1ccccc1. The lowest BCUT2D eigenvalue weighted by molar-refractivity contribution is -0.0696. The number of aliphatic hydroxyl groups is 1. The molecule has 0 aliphatic rings. The molecule has 14 heavy (non-hydrogen) atoms. The van der Waals surface area contributed by atoms with Crippen molar-refractivity contribution in [2.75, 3.05) is 0 Å². The molecular formula is C11H14F2O. The van der Waals surface area contributed by atoms with Gasteiger partial charge in [-0.15, -0.1) is 0 Å². The third-order valence-corrected chi connectivity index (χ3v) is 2.62. The van der Waals surface area contributed by atoms with E-state index in [1.807, 2.05) is 0 Å². The number of halogens is 2. The molecule has 2 unspecified atom stereocenters. The average Bonchev–Trinajstić information content (AvgIpc) is 2.18. The standard InChI is InChI=1S/C11H14F2O/c1-8(10(12)13)11(2,14)9-6-4-3-5-7-9/h3-8,10,14H,1-2H3. The Kier molecular flexibility index (Phi) is 3.21. The highest BCUT2D eigenvalue weighted by molar-refractivity contribution is 5.22. The van der Waals surface area contributed by atoms with E-state index in [4.69, 9.17) is 0 Å². The highest BCUT2D eigenvalue weighted by Crippen LogP contribution is 2.32. The van der Waals surface area contributed by atoms with Gasteiger partial charge in [-0.05, 0) is 12.5 Å². The van der Waals surface area contributed by atoms with Crippen molar-refractivity contribution in [3.05, 3.63) is 35.9 Å². The maximum Gasteiger partial charge on any atom is 0.244 e. The monoisotopic (exact) mass is 200 g/mol. The lowest BCUT2D eigenvalue weighted by Gasteiger charge is -2.30. The Labute approximate surface area is 82.4 Å². The molecular weight excluding hydrogens is 186 g/mol. The Bertz CT molecular complexity index is 283. The summed E-state index contributed by atoms with van der Waals surface area (Å²) < 4.78 is 24.9. The van der Waals surface area contributed by atoms with Crippen LogP contribution in [0.1, 0.15) is 19.4 Å². The Morgan fingerprint density at radius 2 is 1.71 bits per heavy atom.